The summed E-state index contributed by atoms with van der Waals surface area (Å²) in [7, 11) is 0. The first kappa shape index (κ1) is 15.0. The van der Waals surface area contributed by atoms with Crippen LogP contribution in [-0.2, 0) is 0 Å². The van der Waals surface area contributed by atoms with Gasteiger partial charge in [-0.2, -0.15) is 0 Å². The molecule has 7 heteroatoms. The molecule has 1 aliphatic rings. The number of amides is 2. The first-order chi connectivity index (χ1) is 9.55. The molecule has 3 N–H and O–H groups in total. The van der Waals surface area contributed by atoms with Crippen LogP contribution in [0.2, 0.25) is 5.02 Å². The molecule has 0 saturated carbocycles. The molecule has 0 spiro atoms. The monoisotopic (exact) mass is 302 g/mol. The molecule has 1 aromatic carbocycles. The normalized spacial score (nSPS) is 22.1. The predicted octanol–water partition coefficient (Wildman–Crippen LogP) is 1.54. The smallest absolute Gasteiger partial charge is 0.321 e. The van der Waals surface area contributed by atoms with Gasteiger partial charge in [0.2, 0.25) is 0 Å². The van der Waals surface area contributed by atoms with Crippen LogP contribution in [0.4, 0.5) is 14.9 Å². The molecular formula is C13H16ClFN2O3. The Bertz CT molecular complexity index is 489. The molecule has 2 rings (SSSR count). The summed E-state index contributed by atoms with van der Waals surface area (Å²) in [6.07, 6.45) is 0. The molecule has 110 valence electrons. The van der Waals surface area contributed by atoms with Crippen molar-refractivity contribution in [1.29, 1.82) is 0 Å². The van der Waals surface area contributed by atoms with Gasteiger partial charge in [-0.3, -0.25) is 0 Å². The van der Waals surface area contributed by atoms with Crippen molar-refractivity contribution in [3.63, 3.8) is 0 Å². The van der Waals surface area contributed by atoms with Crippen molar-refractivity contribution in [1.82, 2.24) is 4.90 Å². The topological polar surface area (TPSA) is 72.8 Å². The molecule has 0 bridgehead atoms. The Morgan fingerprint density at radius 3 is 2.45 bits per heavy atom. The molecule has 1 aromatic rings. The van der Waals surface area contributed by atoms with Gasteiger partial charge in [-0.15, -0.1) is 0 Å². The molecule has 2 atom stereocenters. The lowest BCUT2D eigenvalue weighted by atomic mass is 9.98. The number of likely N-dealkylation sites (tertiary alicyclic amines) is 1. The van der Waals surface area contributed by atoms with E-state index >= 15 is 0 Å². The lowest BCUT2D eigenvalue weighted by Gasteiger charge is -2.17. The highest BCUT2D eigenvalue weighted by molar-refractivity contribution is 6.30. The van der Waals surface area contributed by atoms with Crippen LogP contribution < -0.4 is 5.32 Å². The number of urea groups is 1. The third kappa shape index (κ3) is 3.20. The van der Waals surface area contributed by atoms with Crippen molar-refractivity contribution < 1.29 is 19.4 Å². The van der Waals surface area contributed by atoms with Gasteiger partial charge in [0.05, 0.1) is 5.69 Å². The molecule has 1 heterocycles. The molecule has 0 radical (unpaired) electrons. The molecule has 0 aromatic heterocycles. The third-order valence-electron chi connectivity index (χ3n) is 3.51. The maximum Gasteiger partial charge on any atom is 0.321 e. The SMILES string of the molecule is O=C(Nc1ccc(Cl)cc1F)N1C[C@@H](CO)[C@H](CO)C1. The number of nitrogens with zero attached hydrogens (tertiary/aromatic N) is 1. The van der Waals surface area contributed by atoms with Gasteiger partial charge in [0.15, 0.2) is 0 Å². The fourth-order valence-electron chi connectivity index (χ4n) is 2.30. The maximum atomic E-state index is 13.6. The Hall–Kier alpha value is -1.37. The van der Waals surface area contributed by atoms with E-state index in [0.29, 0.717) is 13.1 Å². The van der Waals surface area contributed by atoms with E-state index in [9.17, 15) is 19.4 Å². The number of rotatable bonds is 3. The molecule has 0 unspecified atom stereocenters. The standard InChI is InChI=1S/C13H16ClFN2O3/c14-10-1-2-12(11(15)3-10)16-13(20)17-4-8(6-18)9(5-17)7-19/h1-3,8-9,18-19H,4-7H2,(H,16,20)/t8-,9-/m0/s1. The Labute approximate surface area is 121 Å². The molecule has 5 nitrogen and oxygen atoms in total. The fraction of sp³-hybridized carbons (Fsp3) is 0.462. The zero-order chi connectivity index (χ0) is 14.7. The van der Waals surface area contributed by atoms with E-state index in [-0.39, 0.29) is 35.8 Å². The van der Waals surface area contributed by atoms with Gasteiger partial charge < -0.3 is 20.4 Å². The third-order valence-corrected chi connectivity index (χ3v) is 3.74. The first-order valence-corrected chi connectivity index (χ1v) is 6.65. The highest BCUT2D eigenvalue weighted by Crippen LogP contribution is 2.24. The number of aliphatic hydroxyl groups excluding tert-OH is 2. The number of anilines is 1. The number of hydrogen-bond donors (Lipinski definition) is 3. The van der Waals surface area contributed by atoms with Gasteiger partial charge in [-0.25, -0.2) is 9.18 Å². The Morgan fingerprint density at radius 1 is 1.35 bits per heavy atom. The second-order valence-electron chi connectivity index (χ2n) is 4.84. The number of hydrogen-bond acceptors (Lipinski definition) is 3. The summed E-state index contributed by atoms with van der Waals surface area (Å²) in [5, 5.41) is 21.1. The fourth-order valence-corrected chi connectivity index (χ4v) is 2.46. The van der Waals surface area contributed by atoms with E-state index in [1.54, 1.807) is 0 Å². The highest BCUT2D eigenvalue weighted by Gasteiger charge is 2.34. The number of halogens is 2. The van der Waals surface area contributed by atoms with Crippen LogP contribution in [0.15, 0.2) is 18.2 Å². The van der Waals surface area contributed by atoms with E-state index in [1.165, 1.54) is 17.0 Å². The van der Waals surface area contributed by atoms with Gasteiger partial charge in [0, 0.05) is 43.2 Å². The molecule has 1 fully saturated rings. The number of carbonyl (C=O) groups excluding carboxylic acids is 1. The predicted molar refractivity (Wildman–Crippen MR) is 73.2 cm³/mol. The van der Waals surface area contributed by atoms with E-state index in [0.717, 1.165) is 6.07 Å². The van der Waals surface area contributed by atoms with Crippen LogP contribution in [0.25, 0.3) is 0 Å². The van der Waals surface area contributed by atoms with Crippen molar-refractivity contribution in [3.05, 3.63) is 29.0 Å². The average Bonchev–Trinajstić information content (AvgIpc) is 2.85. The van der Waals surface area contributed by atoms with Gasteiger partial charge in [0.25, 0.3) is 0 Å². The first-order valence-electron chi connectivity index (χ1n) is 6.27. The van der Waals surface area contributed by atoms with Crippen molar-refractivity contribution in [2.75, 3.05) is 31.6 Å². The number of benzene rings is 1. The van der Waals surface area contributed by atoms with Crippen LogP contribution in [0, 0.1) is 17.7 Å². The van der Waals surface area contributed by atoms with Crippen LogP contribution in [0.1, 0.15) is 0 Å². The van der Waals surface area contributed by atoms with Crippen LogP contribution >= 0.6 is 11.6 Å². The maximum absolute atomic E-state index is 13.6. The lowest BCUT2D eigenvalue weighted by Crippen LogP contribution is -2.33. The molecule has 2 amide bonds. The second kappa shape index (κ2) is 6.39. The molecule has 1 saturated heterocycles. The van der Waals surface area contributed by atoms with E-state index in [2.05, 4.69) is 5.32 Å². The molecule has 20 heavy (non-hydrogen) atoms. The minimum absolute atomic E-state index is 0.0485. The number of carbonyl (C=O) groups is 1. The number of nitrogens with one attached hydrogen (secondary N) is 1. The molecule has 0 aliphatic carbocycles. The Kier molecular flexibility index (Phi) is 4.80. The quantitative estimate of drug-likeness (QED) is 0.793. The zero-order valence-corrected chi connectivity index (χ0v) is 11.5. The second-order valence-corrected chi connectivity index (χ2v) is 5.28. The summed E-state index contributed by atoms with van der Waals surface area (Å²) in [6, 6.07) is 3.53. The van der Waals surface area contributed by atoms with E-state index in [1.807, 2.05) is 0 Å². The number of aliphatic hydroxyl groups is 2. The Balaban J connectivity index is 2.02. The zero-order valence-electron chi connectivity index (χ0n) is 10.7. The van der Waals surface area contributed by atoms with E-state index < -0.39 is 11.8 Å². The van der Waals surface area contributed by atoms with Crippen LogP contribution in [0.5, 0.6) is 0 Å². The van der Waals surface area contributed by atoms with Gasteiger partial charge in [0.1, 0.15) is 5.82 Å². The van der Waals surface area contributed by atoms with Crippen molar-refractivity contribution in [3.8, 4) is 0 Å². The summed E-state index contributed by atoms with van der Waals surface area (Å²) < 4.78 is 13.6. The van der Waals surface area contributed by atoms with Crippen molar-refractivity contribution >= 4 is 23.3 Å². The van der Waals surface area contributed by atoms with Crippen LogP contribution in [-0.4, -0.2) is 47.4 Å². The molecule has 1 aliphatic heterocycles. The van der Waals surface area contributed by atoms with Crippen LogP contribution in [0.3, 0.4) is 0 Å². The summed E-state index contributed by atoms with van der Waals surface area (Å²) in [5.74, 6) is -0.913. The lowest BCUT2D eigenvalue weighted by molar-refractivity contribution is 0.152. The Morgan fingerprint density at radius 2 is 1.95 bits per heavy atom. The van der Waals surface area contributed by atoms with Gasteiger partial charge in [-0.05, 0) is 18.2 Å². The highest BCUT2D eigenvalue weighted by atomic mass is 35.5. The largest absolute Gasteiger partial charge is 0.396 e. The molecular weight excluding hydrogens is 287 g/mol. The van der Waals surface area contributed by atoms with Gasteiger partial charge in [-0.1, -0.05) is 11.6 Å². The minimum Gasteiger partial charge on any atom is -0.396 e. The van der Waals surface area contributed by atoms with Crippen molar-refractivity contribution in [2.24, 2.45) is 11.8 Å². The van der Waals surface area contributed by atoms with E-state index in [4.69, 9.17) is 11.6 Å². The summed E-state index contributed by atoms with van der Waals surface area (Å²) in [6.45, 7) is 0.486. The minimum atomic E-state index is -0.609. The average molecular weight is 303 g/mol. The summed E-state index contributed by atoms with van der Waals surface area (Å²) in [4.78, 5) is 13.5. The summed E-state index contributed by atoms with van der Waals surface area (Å²) in [5.41, 5.74) is 0.0485. The summed E-state index contributed by atoms with van der Waals surface area (Å²) >= 11 is 5.64. The van der Waals surface area contributed by atoms with Crippen molar-refractivity contribution in [2.45, 2.75) is 0 Å². The van der Waals surface area contributed by atoms with Gasteiger partial charge >= 0.3 is 6.03 Å².